The molecular weight excluding hydrogens is 242 g/mol. The number of carboxylic acids is 1. The first kappa shape index (κ1) is 13.3. The van der Waals surface area contributed by atoms with Crippen molar-refractivity contribution in [3.05, 3.63) is 30.1 Å². The maximum atomic E-state index is 10.9. The van der Waals surface area contributed by atoms with Gasteiger partial charge in [-0.25, -0.2) is 14.8 Å². The largest absolute Gasteiger partial charge is 0.478 e. The Labute approximate surface area is 111 Å². The van der Waals surface area contributed by atoms with Crippen LogP contribution in [0.4, 0.5) is 5.82 Å². The Bertz CT molecular complexity index is 598. The van der Waals surface area contributed by atoms with E-state index >= 15 is 0 Å². The summed E-state index contributed by atoms with van der Waals surface area (Å²) in [6, 6.07) is 5.21. The van der Waals surface area contributed by atoms with Crippen LogP contribution in [-0.4, -0.2) is 27.1 Å². The Morgan fingerprint density at radius 1 is 1.42 bits per heavy atom. The number of carboxylic acid groups (broad SMARTS) is 1. The number of nitrogens with one attached hydrogen (secondary N) is 1. The second-order valence-corrected chi connectivity index (χ2v) is 4.59. The number of nitrogens with zero attached hydrogens (tertiary/aromatic N) is 2. The quantitative estimate of drug-likeness (QED) is 0.863. The average Bonchev–Trinajstić information content (AvgIpc) is 2.38. The van der Waals surface area contributed by atoms with Gasteiger partial charge in [0.2, 0.25) is 0 Å². The zero-order valence-corrected chi connectivity index (χ0v) is 11.1. The maximum absolute atomic E-state index is 10.9. The Morgan fingerprint density at radius 3 is 2.89 bits per heavy atom. The molecule has 0 aliphatic heterocycles. The maximum Gasteiger partial charge on any atom is 0.335 e. The fourth-order valence-electron chi connectivity index (χ4n) is 2.04. The van der Waals surface area contributed by atoms with Crippen molar-refractivity contribution in [1.82, 2.24) is 9.97 Å². The Balaban J connectivity index is 2.37. The van der Waals surface area contributed by atoms with Crippen LogP contribution in [0.25, 0.3) is 10.9 Å². The van der Waals surface area contributed by atoms with Crippen LogP contribution in [0.15, 0.2) is 24.5 Å². The number of hydrogen-bond donors (Lipinski definition) is 2. The molecule has 1 aromatic heterocycles. The predicted molar refractivity (Wildman–Crippen MR) is 74.5 cm³/mol. The average molecular weight is 259 g/mol. The molecule has 0 saturated heterocycles. The van der Waals surface area contributed by atoms with Crippen molar-refractivity contribution in [2.75, 3.05) is 5.32 Å². The normalized spacial score (nSPS) is 12.3. The van der Waals surface area contributed by atoms with Gasteiger partial charge in [0.05, 0.1) is 11.1 Å². The highest BCUT2D eigenvalue weighted by atomic mass is 16.4. The van der Waals surface area contributed by atoms with Gasteiger partial charge in [0, 0.05) is 11.4 Å². The summed E-state index contributed by atoms with van der Waals surface area (Å²) in [6.07, 6.45) is 3.61. The van der Waals surface area contributed by atoms with Crippen molar-refractivity contribution in [3.8, 4) is 0 Å². The van der Waals surface area contributed by atoms with Gasteiger partial charge in [-0.15, -0.1) is 0 Å². The molecule has 2 N–H and O–H groups in total. The van der Waals surface area contributed by atoms with Gasteiger partial charge in [0.25, 0.3) is 0 Å². The summed E-state index contributed by atoms with van der Waals surface area (Å²) in [5.41, 5.74) is 0.875. The van der Waals surface area contributed by atoms with Crippen LogP contribution in [0.2, 0.25) is 0 Å². The molecular formula is C14H17N3O2. The lowest BCUT2D eigenvalue weighted by molar-refractivity contribution is 0.0697. The minimum Gasteiger partial charge on any atom is -0.478 e. The smallest absolute Gasteiger partial charge is 0.335 e. The fraction of sp³-hybridized carbons (Fsp3) is 0.357. The lowest BCUT2D eigenvalue weighted by Crippen LogP contribution is -2.15. The van der Waals surface area contributed by atoms with Crippen molar-refractivity contribution < 1.29 is 9.90 Å². The van der Waals surface area contributed by atoms with E-state index in [1.807, 2.05) is 0 Å². The van der Waals surface area contributed by atoms with Crippen LogP contribution >= 0.6 is 0 Å². The molecule has 5 heteroatoms. The van der Waals surface area contributed by atoms with E-state index in [9.17, 15) is 4.79 Å². The molecule has 5 nitrogen and oxygen atoms in total. The number of aromatic carboxylic acids is 1. The van der Waals surface area contributed by atoms with E-state index in [0.717, 1.165) is 24.0 Å². The van der Waals surface area contributed by atoms with Crippen LogP contribution in [0.3, 0.4) is 0 Å². The molecule has 1 heterocycles. The standard InChI is InChI=1S/C14H17N3O2/c1-3-4-9(2)17-13-11-6-5-10(14(18)19)7-12(11)15-8-16-13/h5-9H,3-4H2,1-2H3,(H,18,19)(H,15,16,17). The molecule has 1 unspecified atom stereocenters. The molecule has 19 heavy (non-hydrogen) atoms. The molecule has 0 aliphatic rings. The van der Waals surface area contributed by atoms with Crippen LogP contribution in [0, 0.1) is 0 Å². The second kappa shape index (κ2) is 5.65. The van der Waals surface area contributed by atoms with Gasteiger partial charge < -0.3 is 10.4 Å². The van der Waals surface area contributed by atoms with Crippen LogP contribution in [0.1, 0.15) is 37.0 Å². The number of fused-ring (bicyclic) bond motifs is 1. The van der Waals surface area contributed by atoms with Gasteiger partial charge in [-0.1, -0.05) is 13.3 Å². The van der Waals surface area contributed by atoms with Crippen molar-refractivity contribution in [2.24, 2.45) is 0 Å². The molecule has 1 atom stereocenters. The van der Waals surface area contributed by atoms with E-state index in [0.29, 0.717) is 11.6 Å². The van der Waals surface area contributed by atoms with Gasteiger partial charge in [-0.3, -0.25) is 0 Å². The lowest BCUT2D eigenvalue weighted by atomic mass is 10.1. The van der Waals surface area contributed by atoms with Gasteiger partial charge >= 0.3 is 5.97 Å². The number of anilines is 1. The third-order valence-electron chi connectivity index (χ3n) is 2.99. The summed E-state index contributed by atoms with van der Waals surface area (Å²) in [6.45, 7) is 4.23. The van der Waals surface area contributed by atoms with Gasteiger partial charge in [-0.05, 0) is 31.5 Å². The third-order valence-corrected chi connectivity index (χ3v) is 2.99. The zero-order chi connectivity index (χ0) is 13.8. The van der Waals surface area contributed by atoms with E-state index in [4.69, 9.17) is 5.11 Å². The Morgan fingerprint density at radius 2 is 2.21 bits per heavy atom. The topological polar surface area (TPSA) is 75.1 Å². The van der Waals surface area contributed by atoms with E-state index in [1.165, 1.54) is 6.33 Å². The summed E-state index contributed by atoms with van der Waals surface area (Å²) in [7, 11) is 0. The number of aromatic nitrogens is 2. The first-order valence-corrected chi connectivity index (χ1v) is 6.36. The molecule has 2 rings (SSSR count). The van der Waals surface area contributed by atoms with E-state index in [1.54, 1.807) is 18.2 Å². The highest BCUT2D eigenvalue weighted by Crippen LogP contribution is 2.21. The van der Waals surface area contributed by atoms with Gasteiger partial charge in [0.1, 0.15) is 12.1 Å². The van der Waals surface area contributed by atoms with Crippen molar-refractivity contribution >= 4 is 22.7 Å². The van der Waals surface area contributed by atoms with Crippen LogP contribution in [-0.2, 0) is 0 Å². The molecule has 2 aromatic rings. The molecule has 0 amide bonds. The molecule has 1 aromatic carbocycles. The van der Waals surface area contributed by atoms with Crippen LogP contribution < -0.4 is 5.32 Å². The fourth-order valence-corrected chi connectivity index (χ4v) is 2.04. The molecule has 100 valence electrons. The molecule has 0 fully saturated rings. The molecule has 0 aliphatic carbocycles. The Hall–Kier alpha value is -2.17. The Kier molecular flexibility index (Phi) is 3.94. The first-order valence-electron chi connectivity index (χ1n) is 6.36. The predicted octanol–water partition coefficient (Wildman–Crippen LogP) is 2.93. The van der Waals surface area contributed by atoms with Gasteiger partial charge in [0.15, 0.2) is 0 Å². The highest BCUT2D eigenvalue weighted by molar-refractivity contribution is 5.96. The molecule has 0 radical (unpaired) electrons. The summed E-state index contributed by atoms with van der Waals surface area (Å²) in [4.78, 5) is 19.3. The number of hydrogen-bond acceptors (Lipinski definition) is 4. The van der Waals surface area contributed by atoms with E-state index in [-0.39, 0.29) is 5.56 Å². The lowest BCUT2D eigenvalue weighted by Gasteiger charge is -2.14. The monoisotopic (exact) mass is 259 g/mol. The van der Waals surface area contributed by atoms with Gasteiger partial charge in [-0.2, -0.15) is 0 Å². The second-order valence-electron chi connectivity index (χ2n) is 4.59. The molecule has 0 spiro atoms. The summed E-state index contributed by atoms with van der Waals surface area (Å²) >= 11 is 0. The highest BCUT2D eigenvalue weighted by Gasteiger charge is 2.09. The minimum absolute atomic E-state index is 0.235. The number of benzene rings is 1. The SMILES string of the molecule is CCCC(C)Nc1ncnc2cc(C(=O)O)ccc12. The van der Waals surface area contributed by atoms with Crippen LogP contribution in [0.5, 0.6) is 0 Å². The molecule has 0 saturated carbocycles. The van der Waals surface area contributed by atoms with Crippen molar-refractivity contribution in [1.29, 1.82) is 0 Å². The van der Waals surface area contributed by atoms with E-state index < -0.39 is 5.97 Å². The number of carbonyl (C=O) groups is 1. The van der Waals surface area contributed by atoms with E-state index in [2.05, 4.69) is 29.1 Å². The summed E-state index contributed by atoms with van der Waals surface area (Å²) in [5, 5.41) is 13.1. The zero-order valence-electron chi connectivity index (χ0n) is 11.1. The third kappa shape index (κ3) is 2.99. The first-order chi connectivity index (χ1) is 9.11. The number of rotatable bonds is 5. The summed E-state index contributed by atoms with van der Waals surface area (Å²) in [5.74, 6) is -0.197. The van der Waals surface area contributed by atoms with Crippen molar-refractivity contribution in [3.63, 3.8) is 0 Å². The van der Waals surface area contributed by atoms with Crippen molar-refractivity contribution in [2.45, 2.75) is 32.7 Å². The summed E-state index contributed by atoms with van der Waals surface area (Å²) < 4.78 is 0. The minimum atomic E-state index is -0.950. The molecule has 0 bridgehead atoms.